The van der Waals surface area contributed by atoms with Crippen LogP contribution in [-0.4, -0.2) is 63.0 Å². The Balaban J connectivity index is 1.14. The van der Waals surface area contributed by atoms with Crippen LogP contribution in [0, 0.1) is 6.92 Å². The number of aliphatic carboxylic acids is 1. The van der Waals surface area contributed by atoms with Gasteiger partial charge in [0.25, 0.3) is 11.8 Å². The smallest absolute Gasteiger partial charge is 0.328 e. The van der Waals surface area contributed by atoms with Gasteiger partial charge >= 0.3 is 5.97 Å². The number of rotatable bonds is 15. The highest BCUT2D eigenvalue weighted by Crippen LogP contribution is 2.27. The van der Waals surface area contributed by atoms with E-state index in [-0.39, 0.29) is 24.4 Å². The number of ether oxygens (including phenoxy) is 1. The number of carbonyl (C=O) groups is 4. The highest BCUT2D eigenvalue weighted by atomic mass is 19.1. The molecule has 0 saturated carbocycles. The molecule has 6 aromatic rings. The fourth-order valence-corrected chi connectivity index (χ4v) is 6.09. The molecule has 3 N–H and O–H groups in total. The Kier molecular flexibility index (Phi) is 12.4. The van der Waals surface area contributed by atoms with Crippen LogP contribution in [0.25, 0.3) is 34.0 Å². The van der Waals surface area contributed by atoms with E-state index in [1.807, 2.05) is 31.2 Å². The van der Waals surface area contributed by atoms with Crippen molar-refractivity contribution >= 4 is 29.4 Å². The Morgan fingerprint density at radius 1 is 0.793 bits per heavy atom. The zero-order valence-electron chi connectivity index (χ0n) is 32.4. The van der Waals surface area contributed by atoms with Crippen molar-refractivity contribution in [2.24, 2.45) is 0 Å². The number of aromatic nitrogens is 2. The van der Waals surface area contributed by atoms with Gasteiger partial charge in [0, 0.05) is 28.9 Å². The van der Waals surface area contributed by atoms with Crippen molar-refractivity contribution < 1.29 is 37.9 Å². The quantitative estimate of drug-likeness (QED) is 0.0949. The van der Waals surface area contributed by atoms with Crippen molar-refractivity contribution in [1.82, 2.24) is 20.4 Å². The summed E-state index contributed by atoms with van der Waals surface area (Å²) in [5.41, 5.74) is 5.38. The summed E-state index contributed by atoms with van der Waals surface area (Å²) in [6.07, 6.45) is -0.0744. The van der Waals surface area contributed by atoms with Crippen LogP contribution in [0.5, 0.6) is 5.75 Å². The van der Waals surface area contributed by atoms with Gasteiger partial charge in [-0.25, -0.2) is 9.18 Å². The van der Waals surface area contributed by atoms with E-state index >= 15 is 0 Å². The Morgan fingerprint density at radius 2 is 1.41 bits per heavy atom. The van der Waals surface area contributed by atoms with Gasteiger partial charge in [-0.1, -0.05) is 77.5 Å². The number of hydrogen-bond donors (Lipinski definition) is 3. The minimum absolute atomic E-state index is 0.00210. The maximum Gasteiger partial charge on any atom is 0.328 e. The first kappa shape index (κ1) is 40.5. The summed E-state index contributed by atoms with van der Waals surface area (Å²) in [4.78, 5) is 57.4. The van der Waals surface area contributed by atoms with Gasteiger partial charge < -0.3 is 29.9 Å². The molecule has 0 aliphatic rings. The average Bonchev–Trinajstić information content (AvgIpc) is 3.72. The SMILES string of the molecule is COc1ccc(CC(=O)Nc2ccc(C(=O)N(CC(=O)NC(C)(C)C(=O)O)Cc3ccc(-c4noc(-c5ccc(-c6ccc(C)cc6)cc5)n4)cc3)cc2)c(CF)c1. The van der Waals surface area contributed by atoms with Gasteiger partial charge in [-0.05, 0) is 97.1 Å². The molecule has 12 nitrogen and oxygen atoms in total. The standard InChI is InChI=1S/C45H42FN5O7/c1-28-5-9-30(10-6-28)31-13-15-33(16-14-31)42-48-41(50-58-42)32-11-7-29(8-12-32)26-51(27-40(53)49-45(2,3)44(55)56)43(54)34-17-20-37(21-18-34)47-39(52)24-35-19-22-38(57-4)23-36(35)25-46/h5-23H,24-27H2,1-4H3,(H,47,52)(H,49,53)(H,55,56). The molecule has 0 aliphatic carbocycles. The number of alkyl halides is 1. The van der Waals surface area contributed by atoms with E-state index in [1.54, 1.807) is 54.6 Å². The largest absolute Gasteiger partial charge is 0.497 e. The van der Waals surface area contributed by atoms with Crippen molar-refractivity contribution in [3.8, 4) is 39.7 Å². The normalized spacial score (nSPS) is 11.1. The van der Waals surface area contributed by atoms with Gasteiger partial charge in [0.15, 0.2) is 0 Å². The molecule has 0 saturated heterocycles. The first-order valence-corrected chi connectivity index (χ1v) is 18.4. The summed E-state index contributed by atoms with van der Waals surface area (Å²) >= 11 is 0. The van der Waals surface area contributed by atoms with Gasteiger partial charge in [-0.2, -0.15) is 4.98 Å². The first-order chi connectivity index (χ1) is 27.8. The van der Waals surface area contributed by atoms with Crippen LogP contribution in [0.15, 0.2) is 120 Å². The number of carboxylic acids is 1. The zero-order valence-corrected chi connectivity index (χ0v) is 32.4. The van der Waals surface area contributed by atoms with E-state index in [0.717, 1.165) is 16.7 Å². The second-order valence-corrected chi connectivity index (χ2v) is 14.3. The van der Waals surface area contributed by atoms with Crippen LogP contribution in [-0.2, 0) is 34.0 Å². The lowest BCUT2D eigenvalue weighted by Gasteiger charge is -2.26. The number of halogens is 1. The molecule has 13 heteroatoms. The van der Waals surface area contributed by atoms with Crippen LogP contribution in [0.1, 0.15) is 46.5 Å². The van der Waals surface area contributed by atoms with Crippen molar-refractivity contribution in [3.63, 3.8) is 0 Å². The number of methoxy groups -OCH3 is 1. The molecule has 58 heavy (non-hydrogen) atoms. The second kappa shape index (κ2) is 17.8. The number of carbonyl (C=O) groups excluding carboxylic acids is 3. The average molecular weight is 784 g/mol. The van der Waals surface area contributed by atoms with E-state index in [4.69, 9.17) is 9.26 Å². The number of carboxylic acid groups (broad SMARTS) is 1. The third kappa shape index (κ3) is 9.98. The van der Waals surface area contributed by atoms with Gasteiger partial charge in [0.2, 0.25) is 17.6 Å². The van der Waals surface area contributed by atoms with Gasteiger partial charge in [-0.3, -0.25) is 14.4 Å². The van der Waals surface area contributed by atoms with E-state index in [0.29, 0.717) is 45.4 Å². The molecule has 1 aromatic heterocycles. The lowest BCUT2D eigenvalue weighted by atomic mass is 10.0. The van der Waals surface area contributed by atoms with Crippen LogP contribution < -0.4 is 15.4 Å². The molecule has 1 heterocycles. The number of benzene rings is 5. The fourth-order valence-electron chi connectivity index (χ4n) is 6.09. The van der Waals surface area contributed by atoms with Crippen LogP contribution >= 0.6 is 0 Å². The van der Waals surface area contributed by atoms with Crippen molar-refractivity contribution in [1.29, 1.82) is 0 Å². The third-order valence-corrected chi connectivity index (χ3v) is 9.46. The molecule has 0 fully saturated rings. The summed E-state index contributed by atoms with van der Waals surface area (Å²) in [5.74, 6) is -1.58. The highest BCUT2D eigenvalue weighted by molar-refractivity contribution is 5.98. The third-order valence-electron chi connectivity index (χ3n) is 9.46. The summed E-state index contributed by atoms with van der Waals surface area (Å²) in [6, 6.07) is 34.2. The monoisotopic (exact) mass is 783 g/mol. The molecular weight excluding hydrogens is 742 g/mol. The molecule has 296 valence electrons. The van der Waals surface area contributed by atoms with Crippen LogP contribution in [0.3, 0.4) is 0 Å². The lowest BCUT2D eigenvalue weighted by molar-refractivity contribution is -0.146. The summed E-state index contributed by atoms with van der Waals surface area (Å²) < 4.78 is 24.3. The number of amides is 3. The summed E-state index contributed by atoms with van der Waals surface area (Å²) in [6.45, 7) is 3.55. The van der Waals surface area contributed by atoms with Crippen LogP contribution in [0.2, 0.25) is 0 Å². The van der Waals surface area contributed by atoms with E-state index < -0.39 is 36.5 Å². The Bertz CT molecular complexity index is 2410. The van der Waals surface area contributed by atoms with Gasteiger partial charge in [-0.15, -0.1) is 0 Å². The van der Waals surface area contributed by atoms with Crippen molar-refractivity contribution in [3.05, 3.63) is 143 Å². The number of anilines is 1. The predicted octanol–water partition coefficient (Wildman–Crippen LogP) is 7.66. The number of nitrogens with one attached hydrogen (secondary N) is 2. The number of aryl methyl sites for hydroxylation is 1. The highest BCUT2D eigenvalue weighted by Gasteiger charge is 2.30. The number of nitrogens with zero attached hydrogens (tertiary/aromatic N) is 3. The van der Waals surface area contributed by atoms with Crippen LogP contribution in [0.4, 0.5) is 10.1 Å². The molecule has 5 aromatic carbocycles. The molecule has 6 rings (SSSR count). The minimum Gasteiger partial charge on any atom is -0.497 e. The van der Waals surface area contributed by atoms with Crippen molar-refractivity contribution in [2.75, 3.05) is 19.0 Å². The minimum atomic E-state index is -1.57. The summed E-state index contributed by atoms with van der Waals surface area (Å²) in [5, 5.41) is 18.9. The maximum atomic E-state index is 13.9. The lowest BCUT2D eigenvalue weighted by Crippen LogP contribution is -2.53. The van der Waals surface area contributed by atoms with Crippen molar-refractivity contribution in [2.45, 2.75) is 46.0 Å². The fraction of sp³-hybridized carbons (Fsp3) is 0.200. The Morgan fingerprint density at radius 3 is 2.03 bits per heavy atom. The first-order valence-electron chi connectivity index (χ1n) is 18.4. The second-order valence-electron chi connectivity index (χ2n) is 14.3. The molecule has 0 unspecified atom stereocenters. The maximum absolute atomic E-state index is 13.9. The van der Waals surface area contributed by atoms with Gasteiger partial charge in [0.05, 0.1) is 13.5 Å². The van der Waals surface area contributed by atoms with E-state index in [9.17, 15) is 28.7 Å². The molecule has 0 radical (unpaired) electrons. The molecule has 0 aliphatic heterocycles. The molecule has 0 spiro atoms. The molecule has 3 amide bonds. The zero-order chi connectivity index (χ0) is 41.4. The Hall–Kier alpha value is -7.15. The Labute approximate surface area is 334 Å². The summed E-state index contributed by atoms with van der Waals surface area (Å²) in [7, 11) is 1.48. The molecule has 0 bridgehead atoms. The van der Waals surface area contributed by atoms with Gasteiger partial charge in [0.1, 0.15) is 24.5 Å². The topological polar surface area (TPSA) is 164 Å². The predicted molar refractivity (Wildman–Crippen MR) is 217 cm³/mol. The molecule has 0 atom stereocenters. The van der Waals surface area contributed by atoms with E-state index in [1.165, 1.54) is 43.6 Å². The number of hydrogen-bond acceptors (Lipinski definition) is 8. The molecular formula is C45H42FN5O7. The van der Waals surface area contributed by atoms with E-state index in [2.05, 4.69) is 45.0 Å².